The maximum Gasteiger partial charge on any atom is 0.262 e. The molecule has 0 saturated carbocycles. The SMILES string of the molecule is O=C(NCCOCCCl)c1sccc1Cl. The predicted octanol–water partition coefficient (Wildman–Crippen LogP) is 2.39. The Morgan fingerprint density at radius 3 is 2.93 bits per heavy atom. The van der Waals surface area contributed by atoms with Crippen molar-refractivity contribution in [1.82, 2.24) is 5.32 Å². The molecule has 0 saturated heterocycles. The highest BCUT2D eigenvalue weighted by molar-refractivity contribution is 7.12. The van der Waals surface area contributed by atoms with Crippen molar-refractivity contribution in [2.75, 3.05) is 25.6 Å². The second-order valence-electron chi connectivity index (χ2n) is 2.65. The Hall–Kier alpha value is -0.290. The zero-order valence-corrected chi connectivity index (χ0v) is 10.3. The van der Waals surface area contributed by atoms with E-state index in [0.29, 0.717) is 35.5 Å². The quantitative estimate of drug-likeness (QED) is 0.635. The van der Waals surface area contributed by atoms with E-state index in [1.54, 1.807) is 11.4 Å². The number of carbonyl (C=O) groups is 1. The largest absolute Gasteiger partial charge is 0.378 e. The number of alkyl halides is 1. The minimum Gasteiger partial charge on any atom is -0.378 e. The monoisotopic (exact) mass is 267 g/mol. The minimum atomic E-state index is -0.163. The number of nitrogens with one attached hydrogen (secondary N) is 1. The van der Waals surface area contributed by atoms with Crippen LogP contribution in [-0.2, 0) is 4.74 Å². The van der Waals surface area contributed by atoms with E-state index < -0.39 is 0 Å². The lowest BCUT2D eigenvalue weighted by atomic mass is 10.4. The highest BCUT2D eigenvalue weighted by atomic mass is 35.5. The van der Waals surface area contributed by atoms with Crippen LogP contribution in [0.5, 0.6) is 0 Å². The van der Waals surface area contributed by atoms with Gasteiger partial charge in [0.15, 0.2) is 0 Å². The summed E-state index contributed by atoms with van der Waals surface area (Å²) < 4.78 is 5.10. The molecule has 1 aromatic rings. The first-order valence-electron chi connectivity index (χ1n) is 4.40. The molecule has 1 heterocycles. The standard InChI is InChI=1S/C9H11Cl2NO2S/c10-2-4-14-5-3-12-9(13)8-7(11)1-6-15-8/h1,6H,2-5H2,(H,12,13). The van der Waals surface area contributed by atoms with E-state index in [4.69, 9.17) is 27.9 Å². The Morgan fingerprint density at radius 2 is 2.33 bits per heavy atom. The van der Waals surface area contributed by atoms with E-state index in [9.17, 15) is 4.79 Å². The summed E-state index contributed by atoms with van der Waals surface area (Å²) in [6.07, 6.45) is 0. The number of ether oxygens (including phenoxy) is 1. The van der Waals surface area contributed by atoms with Gasteiger partial charge in [0.2, 0.25) is 0 Å². The van der Waals surface area contributed by atoms with E-state index in [-0.39, 0.29) is 5.91 Å². The van der Waals surface area contributed by atoms with Crippen LogP contribution < -0.4 is 5.32 Å². The van der Waals surface area contributed by atoms with E-state index in [2.05, 4.69) is 5.32 Å². The van der Waals surface area contributed by atoms with Crippen molar-refractivity contribution < 1.29 is 9.53 Å². The van der Waals surface area contributed by atoms with E-state index in [1.807, 2.05) is 0 Å². The fourth-order valence-electron chi connectivity index (χ4n) is 0.929. The molecule has 0 unspecified atom stereocenters. The summed E-state index contributed by atoms with van der Waals surface area (Å²) in [5.74, 6) is 0.300. The Kier molecular flexibility index (Phi) is 6.02. The van der Waals surface area contributed by atoms with Gasteiger partial charge in [-0.1, -0.05) is 11.6 Å². The molecule has 0 atom stereocenters. The zero-order valence-electron chi connectivity index (χ0n) is 7.96. The van der Waals surface area contributed by atoms with Crippen LogP contribution in [0.3, 0.4) is 0 Å². The van der Waals surface area contributed by atoms with Gasteiger partial charge in [-0.3, -0.25) is 4.79 Å². The summed E-state index contributed by atoms with van der Waals surface area (Å²) in [6, 6.07) is 1.70. The molecule has 0 aromatic carbocycles. The van der Waals surface area contributed by atoms with E-state index >= 15 is 0 Å². The van der Waals surface area contributed by atoms with Crippen molar-refractivity contribution in [3.05, 3.63) is 21.3 Å². The van der Waals surface area contributed by atoms with Crippen LogP contribution in [0.1, 0.15) is 9.67 Å². The normalized spacial score (nSPS) is 10.3. The van der Waals surface area contributed by atoms with Crippen LogP contribution in [0.15, 0.2) is 11.4 Å². The molecule has 1 aromatic heterocycles. The molecule has 84 valence electrons. The van der Waals surface area contributed by atoms with Crippen molar-refractivity contribution in [3.63, 3.8) is 0 Å². The molecular weight excluding hydrogens is 257 g/mol. The Balaban J connectivity index is 2.22. The van der Waals surface area contributed by atoms with Crippen molar-refractivity contribution >= 4 is 40.4 Å². The lowest BCUT2D eigenvalue weighted by Crippen LogP contribution is -2.26. The Bertz CT molecular complexity index is 317. The fraction of sp³-hybridized carbons (Fsp3) is 0.444. The van der Waals surface area contributed by atoms with Gasteiger partial charge in [-0.2, -0.15) is 0 Å². The van der Waals surface area contributed by atoms with E-state index in [0.717, 1.165) is 0 Å². The second-order valence-corrected chi connectivity index (χ2v) is 4.36. The summed E-state index contributed by atoms with van der Waals surface area (Å²) in [6.45, 7) is 1.42. The highest BCUT2D eigenvalue weighted by Gasteiger charge is 2.10. The summed E-state index contributed by atoms with van der Waals surface area (Å²) in [7, 11) is 0. The van der Waals surface area contributed by atoms with Gasteiger partial charge in [-0.25, -0.2) is 0 Å². The first kappa shape index (κ1) is 12.8. The summed E-state index contributed by atoms with van der Waals surface area (Å²) in [5, 5.41) is 4.97. The first-order valence-corrected chi connectivity index (χ1v) is 6.20. The lowest BCUT2D eigenvalue weighted by Gasteiger charge is -2.04. The average Bonchev–Trinajstić information content (AvgIpc) is 2.64. The fourth-order valence-corrected chi connectivity index (χ4v) is 2.10. The first-order chi connectivity index (χ1) is 7.25. The number of hydrogen-bond acceptors (Lipinski definition) is 3. The molecule has 0 spiro atoms. The molecule has 0 aliphatic rings. The predicted molar refractivity (Wildman–Crippen MR) is 63.2 cm³/mol. The van der Waals surface area contributed by atoms with Crippen LogP contribution in [0.25, 0.3) is 0 Å². The molecule has 1 rings (SSSR count). The van der Waals surface area contributed by atoms with Crippen LogP contribution in [0.2, 0.25) is 5.02 Å². The van der Waals surface area contributed by atoms with E-state index in [1.165, 1.54) is 11.3 Å². The van der Waals surface area contributed by atoms with Crippen LogP contribution in [0.4, 0.5) is 0 Å². The topological polar surface area (TPSA) is 38.3 Å². The number of hydrogen-bond donors (Lipinski definition) is 1. The number of thiophene rings is 1. The molecule has 0 fully saturated rings. The maximum atomic E-state index is 11.5. The smallest absolute Gasteiger partial charge is 0.262 e. The van der Waals surface area contributed by atoms with Crippen molar-refractivity contribution in [2.45, 2.75) is 0 Å². The molecular formula is C9H11Cl2NO2S. The van der Waals surface area contributed by atoms with Gasteiger partial charge < -0.3 is 10.1 Å². The molecule has 1 amide bonds. The molecule has 3 nitrogen and oxygen atoms in total. The van der Waals surface area contributed by atoms with Gasteiger partial charge in [0.1, 0.15) is 4.88 Å². The van der Waals surface area contributed by atoms with Crippen molar-refractivity contribution in [2.24, 2.45) is 0 Å². The van der Waals surface area contributed by atoms with Crippen molar-refractivity contribution in [1.29, 1.82) is 0 Å². The summed E-state index contributed by atoms with van der Waals surface area (Å²) >= 11 is 12.5. The molecule has 1 N–H and O–H groups in total. The van der Waals surface area contributed by atoms with Gasteiger partial charge in [0, 0.05) is 12.4 Å². The van der Waals surface area contributed by atoms with Gasteiger partial charge in [0.25, 0.3) is 5.91 Å². The third-order valence-corrected chi connectivity index (χ3v) is 3.07. The van der Waals surface area contributed by atoms with Crippen molar-refractivity contribution in [3.8, 4) is 0 Å². The molecule has 15 heavy (non-hydrogen) atoms. The van der Waals surface area contributed by atoms with Crippen LogP contribution in [0, 0.1) is 0 Å². The van der Waals surface area contributed by atoms with Crippen LogP contribution >= 0.6 is 34.5 Å². The van der Waals surface area contributed by atoms with Gasteiger partial charge >= 0.3 is 0 Å². The molecule has 0 radical (unpaired) electrons. The van der Waals surface area contributed by atoms with Gasteiger partial charge in [-0.05, 0) is 11.4 Å². The zero-order chi connectivity index (χ0) is 11.1. The second kappa shape index (κ2) is 7.06. The third-order valence-electron chi connectivity index (χ3n) is 1.58. The Morgan fingerprint density at radius 1 is 1.53 bits per heavy atom. The highest BCUT2D eigenvalue weighted by Crippen LogP contribution is 2.21. The third kappa shape index (κ3) is 4.38. The number of carbonyl (C=O) groups excluding carboxylic acids is 1. The Labute approximate surface area is 102 Å². The minimum absolute atomic E-state index is 0.163. The average molecular weight is 268 g/mol. The van der Waals surface area contributed by atoms with Gasteiger partial charge in [0.05, 0.1) is 18.2 Å². The number of amides is 1. The van der Waals surface area contributed by atoms with Gasteiger partial charge in [-0.15, -0.1) is 22.9 Å². The molecule has 0 aliphatic carbocycles. The molecule has 0 bridgehead atoms. The maximum absolute atomic E-state index is 11.5. The summed E-state index contributed by atoms with van der Waals surface area (Å²) in [5.41, 5.74) is 0. The number of rotatable bonds is 6. The lowest BCUT2D eigenvalue weighted by molar-refractivity contribution is 0.0927. The molecule has 0 aliphatic heterocycles. The number of halogens is 2. The molecule has 6 heteroatoms. The van der Waals surface area contributed by atoms with Crippen LogP contribution in [-0.4, -0.2) is 31.5 Å². The summed E-state index contributed by atoms with van der Waals surface area (Å²) in [4.78, 5) is 12.0.